The molecule has 22 heavy (non-hydrogen) atoms. The maximum absolute atomic E-state index is 9.85. The van der Waals surface area contributed by atoms with Crippen LogP contribution in [-0.4, -0.2) is 44.0 Å². The number of nitrogens with zero attached hydrogens (tertiary/aromatic N) is 1. The first-order chi connectivity index (χ1) is 10.4. The lowest BCUT2D eigenvalue weighted by atomic mass is 10.00. The molecule has 2 unspecified atom stereocenters. The molecular formula is C17H26N2OS2. The summed E-state index contributed by atoms with van der Waals surface area (Å²) >= 11 is 3.58. The normalized spacial score (nSPS) is 27.0. The molecule has 0 aromatic heterocycles. The van der Waals surface area contributed by atoms with Gasteiger partial charge in [-0.2, -0.15) is 0 Å². The number of thioether (sulfide) groups is 2. The van der Waals surface area contributed by atoms with Gasteiger partial charge in [0.25, 0.3) is 0 Å². The van der Waals surface area contributed by atoms with Crippen LogP contribution in [0.2, 0.25) is 0 Å². The Balaban J connectivity index is 1.93. The van der Waals surface area contributed by atoms with E-state index in [-0.39, 0.29) is 5.75 Å². The Kier molecular flexibility index (Phi) is 5.86. The summed E-state index contributed by atoms with van der Waals surface area (Å²) in [6, 6.07) is 7.10. The van der Waals surface area contributed by atoms with E-state index in [1.807, 2.05) is 23.9 Å². The maximum Gasteiger partial charge on any atom is 0.125 e. The van der Waals surface area contributed by atoms with E-state index >= 15 is 0 Å². The highest BCUT2D eigenvalue weighted by Gasteiger charge is 2.39. The molecule has 1 fully saturated rings. The van der Waals surface area contributed by atoms with Crippen LogP contribution in [0.1, 0.15) is 39.2 Å². The first kappa shape index (κ1) is 17.7. The van der Waals surface area contributed by atoms with Crippen molar-refractivity contribution in [3.05, 3.63) is 29.8 Å². The van der Waals surface area contributed by atoms with Crippen molar-refractivity contribution in [3.8, 4) is 5.75 Å². The van der Waals surface area contributed by atoms with Crippen molar-refractivity contribution in [2.24, 2.45) is 0 Å². The van der Waals surface area contributed by atoms with E-state index in [1.165, 1.54) is 12.2 Å². The van der Waals surface area contributed by atoms with Crippen molar-refractivity contribution in [3.63, 3.8) is 0 Å². The molecule has 0 aliphatic carbocycles. The van der Waals surface area contributed by atoms with Gasteiger partial charge in [0, 0.05) is 22.1 Å². The van der Waals surface area contributed by atoms with Gasteiger partial charge < -0.3 is 5.11 Å². The van der Waals surface area contributed by atoms with Gasteiger partial charge in [0.05, 0.1) is 10.4 Å². The molecular weight excluding hydrogens is 312 g/mol. The highest BCUT2D eigenvalue weighted by Crippen LogP contribution is 2.40. The third-order valence-electron chi connectivity index (χ3n) is 4.63. The number of nitrogens with one attached hydrogen (secondary N) is 1. The molecule has 0 saturated carbocycles. The summed E-state index contributed by atoms with van der Waals surface area (Å²) in [5, 5.41) is 19.4. The first-order valence-electron chi connectivity index (χ1n) is 7.75. The van der Waals surface area contributed by atoms with E-state index in [0.717, 1.165) is 6.42 Å². The van der Waals surface area contributed by atoms with Crippen LogP contribution in [0.25, 0.3) is 0 Å². The second-order valence-electron chi connectivity index (χ2n) is 6.24. The molecule has 0 amide bonds. The zero-order valence-corrected chi connectivity index (χ0v) is 15.4. The predicted molar refractivity (Wildman–Crippen MR) is 99.3 cm³/mol. The minimum Gasteiger partial charge on any atom is -0.507 e. The van der Waals surface area contributed by atoms with E-state index in [9.17, 15) is 5.11 Å². The van der Waals surface area contributed by atoms with Gasteiger partial charge in [-0.15, -0.1) is 23.5 Å². The Bertz CT molecular complexity index is 537. The lowest BCUT2D eigenvalue weighted by molar-refractivity contribution is 0.156. The minimum atomic E-state index is 0.193. The van der Waals surface area contributed by atoms with E-state index in [2.05, 4.69) is 32.7 Å². The summed E-state index contributed by atoms with van der Waals surface area (Å²) in [5.74, 6) is 1.37. The van der Waals surface area contributed by atoms with E-state index in [4.69, 9.17) is 5.41 Å². The zero-order chi connectivity index (χ0) is 16.3. The molecule has 2 N–H and O–H groups in total. The summed E-state index contributed by atoms with van der Waals surface area (Å²) in [6.07, 6.45) is 2.22. The van der Waals surface area contributed by atoms with E-state index < -0.39 is 0 Å². The molecule has 1 saturated heterocycles. The SMILES string of the molecule is CC[C@@]1(C)CSC(CC(C)SC(=N)c2ccccc2O)N1C. The molecule has 1 aromatic rings. The summed E-state index contributed by atoms with van der Waals surface area (Å²) in [6.45, 7) is 6.77. The topological polar surface area (TPSA) is 47.3 Å². The quantitative estimate of drug-likeness (QED) is 0.617. The van der Waals surface area contributed by atoms with Crippen LogP contribution in [0.3, 0.4) is 0 Å². The van der Waals surface area contributed by atoms with Crippen molar-refractivity contribution in [2.45, 2.75) is 49.8 Å². The summed E-state index contributed by atoms with van der Waals surface area (Å²) < 4.78 is 0. The fraction of sp³-hybridized carbons (Fsp3) is 0.588. The van der Waals surface area contributed by atoms with Gasteiger partial charge in [-0.1, -0.05) is 26.0 Å². The van der Waals surface area contributed by atoms with Crippen LogP contribution in [-0.2, 0) is 0 Å². The minimum absolute atomic E-state index is 0.193. The number of para-hydroxylation sites is 1. The Hall–Kier alpha value is -0.650. The number of hydrogen-bond acceptors (Lipinski definition) is 5. The van der Waals surface area contributed by atoms with E-state index in [0.29, 0.717) is 26.8 Å². The number of rotatable bonds is 5. The van der Waals surface area contributed by atoms with Crippen LogP contribution in [0.5, 0.6) is 5.75 Å². The van der Waals surface area contributed by atoms with Crippen LogP contribution >= 0.6 is 23.5 Å². The van der Waals surface area contributed by atoms with Crippen LogP contribution in [0.15, 0.2) is 24.3 Å². The van der Waals surface area contributed by atoms with Crippen molar-refractivity contribution in [1.29, 1.82) is 5.41 Å². The Morgan fingerprint density at radius 2 is 2.23 bits per heavy atom. The van der Waals surface area contributed by atoms with Crippen molar-refractivity contribution in [1.82, 2.24) is 4.90 Å². The number of phenols is 1. The summed E-state index contributed by atoms with van der Waals surface area (Å²) in [5.41, 5.74) is 0.926. The van der Waals surface area contributed by atoms with Gasteiger partial charge in [-0.25, -0.2) is 0 Å². The lowest BCUT2D eigenvalue weighted by Gasteiger charge is -2.34. The first-order valence-corrected chi connectivity index (χ1v) is 9.68. The summed E-state index contributed by atoms with van der Waals surface area (Å²) in [4.78, 5) is 2.50. The molecule has 1 aromatic carbocycles. The van der Waals surface area contributed by atoms with Crippen LogP contribution in [0, 0.1) is 5.41 Å². The Labute approximate surface area is 142 Å². The van der Waals surface area contributed by atoms with Gasteiger partial charge in [-0.3, -0.25) is 10.3 Å². The molecule has 0 bridgehead atoms. The van der Waals surface area contributed by atoms with Crippen molar-refractivity contribution in [2.75, 3.05) is 12.8 Å². The molecule has 1 heterocycles. The second-order valence-corrected chi connectivity index (χ2v) is 8.85. The highest BCUT2D eigenvalue weighted by atomic mass is 32.2. The number of benzene rings is 1. The Morgan fingerprint density at radius 1 is 1.55 bits per heavy atom. The predicted octanol–water partition coefficient (Wildman–Crippen LogP) is 4.40. The average molecular weight is 339 g/mol. The number of aromatic hydroxyl groups is 1. The number of hydrogen-bond donors (Lipinski definition) is 2. The third-order valence-corrected chi connectivity index (χ3v) is 7.37. The van der Waals surface area contributed by atoms with Crippen LogP contribution < -0.4 is 0 Å². The molecule has 3 nitrogen and oxygen atoms in total. The highest BCUT2D eigenvalue weighted by molar-refractivity contribution is 8.14. The van der Waals surface area contributed by atoms with Gasteiger partial charge in [0.15, 0.2) is 0 Å². The Morgan fingerprint density at radius 3 is 2.82 bits per heavy atom. The van der Waals surface area contributed by atoms with E-state index in [1.54, 1.807) is 23.9 Å². The second kappa shape index (κ2) is 7.28. The fourth-order valence-electron chi connectivity index (χ4n) is 2.68. The lowest BCUT2D eigenvalue weighted by Crippen LogP contribution is -2.43. The van der Waals surface area contributed by atoms with Crippen molar-refractivity contribution >= 4 is 28.6 Å². The molecule has 1 aliphatic rings. The molecule has 5 heteroatoms. The average Bonchev–Trinajstić information content (AvgIpc) is 2.76. The number of phenolic OH excluding ortho intramolecular Hbond substituents is 1. The molecule has 1 aliphatic heterocycles. The largest absolute Gasteiger partial charge is 0.507 e. The maximum atomic E-state index is 9.85. The molecule has 0 radical (unpaired) electrons. The third kappa shape index (κ3) is 3.81. The van der Waals surface area contributed by atoms with Gasteiger partial charge in [0.1, 0.15) is 5.75 Å². The molecule has 122 valence electrons. The smallest absolute Gasteiger partial charge is 0.125 e. The van der Waals surface area contributed by atoms with Crippen LogP contribution in [0.4, 0.5) is 0 Å². The fourth-order valence-corrected chi connectivity index (χ4v) is 5.64. The summed E-state index contributed by atoms with van der Waals surface area (Å²) in [7, 11) is 2.22. The van der Waals surface area contributed by atoms with Gasteiger partial charge in [-0.05, 0) is 38.9 Å². The van der Waals surface area contributed by atoms with Crippen molar-refractivity contribution < 1.29 is 5.11 Å². The molecule has 3 atom stereocenters. The van der Waals surface area contributed by atoms with Gasteiger partial charge in [0.2, 0.25) is 0 Å². The zero-order valence-electron chi connectivity index (χ0n) is 13.8. The molecule has 0 spiro atoms. The molecule has 2 rings (SSSR count). The monoisotopic (exact) mass is 338 g/mol. The standard InChI is InChI=1S/C17H26N2OS2/c1-5-17(3)11-21-15(19(17)4)10-12(2)22-16(18)13-8-6-7-9-14(13)20/h6-9,12,15,18,20H,5,10-11H2,1-4H3/t12?,15?,17-/m0/s1. The van der Waals surface area contributed by atoms with Gasteiger partial charge >= 0.3 is 0 Å².